The minimum atomic E-state index is -0.377. The topological polar surface area (TPSA) is 59.6 Å². The van der Waals surface area contributed by atoms with Gasteiger partial charge in [0.25, 0.3) is 0 Å². The van der Waals surface area contributed by atoms with E-state index in [1.54, 1.807) is 7.11 Å². The molecule has 0 saturated heterocycles. The molecule has 0 bridgehead atoms. The standard InChI is InChI=1S/C22H28N2O3/c1-3-4-13-27-20-11-9-19(10-12-20)24-21(25)23-16-22(26-2)14-17-7-5-6-8-18(17)15-22/h5-12H,3-4,13-16H2,1-2H3,(H2,23,24,25). The van der Waals surface area contributed by atoms with Gasteiger partial charge in [-0.15, -0.1) is 0 Å². The van der Waals surface area contributed by atoms with Crippen molar-refractivity contribution in [2.24, 2.45) is 0 Å². The molecule has 0 atom stereocenters. The molecular formula is C22H28N2O3. The van der Waals surface area contributed by atoms with E-state index in [2.05, 4.69) is 29.7 Å². The third kappa shape index (κ3) is 5.01. The maximum atomic E-state index is 12.3. The SMILES string of the molecule is CCCCOc1ccc(NC(=O)NCC2(OC)Cc3ccccc3C2)cc1. The van der Waals surface area contributed by atoms with Crippen LogP contribution in [0.25, 0.3) is 0 Å². The van der Waals surface area contributed by atoms with Gasteiger partial charge >= 0.3 is 6.03 Å². The lowest BCUT2D eigenvalue weighted by Gasteiger charge is -2.27. The number of methoxy groups -OCH3 is 1. The van der Waals surface area contributed by atoms with Crippen LogP contribution in [0.4, 0.5) is 10.5 Å². The number of urea groups is 1. The lowest BCUT2D eigenvalue weighted by molar-refractivity contribution is 0.00208. The Hall–Kier alpha value is -2.53. The van der Waals surface area contributed by atoms with Gasteiger partial charge in [-0.25, -0.2) is 4.79 Å². The number of rotatable bonds is 8. The molecule has 2 aromatic carbocycles. The van der Waals surface area contributed by atoms with E-state index in [1.165, 1.54) is 11.1 Å². The van der Waals surface area contributed by atoms with E-state index in [0.29, 0.717) is 13.2 Å². The Morgan fingerprint density at radius 2 is 1.74 bits per heavy atom. The number of unbranched alkanes of at least 4 members (excludes halogenated alkanes) is 1. The predicted octanol–water partition coefficient (Wildman–Crippen LogP) is 4.17. The van der Waals surface area contributed by atoms with Gasteiger partial charge in [-0.05, 0) is 41.8 Å². The van der Waals surface area contributed by atoms with Crippen molar-refractivity contribution in [2.75, 3.05) is 25.6 Å². The number of carbonyl (C=O) groups is 1. The highest BCUT2D eigenvalue weighted by Crippen LogP contribution is 2.32. The van der Waals surface area contributed by atoms with E-state index < -0.39 is 0 Å². The van der Waals surface area contributed by atoms with Crippen LogP contribution in [-0.2, 0) is 17.6 Å². The first-order valence-electron chi connectivity index (χ1n) is 9.54. The molecule has 1 aliphatic rings. The lowest BCUT2D eigenvalue weighted by atomic mass is 10.0. The molecule has 0 aliphatic heterocycles. The summed E-state index contributed by atoms with van der Waals surface area (Å²) in [6, 6.07) is 15.5. The molecule has 2 amide bonds. The van der Waals surface area contributed by atoms with Gasteiger partial charge in [-0.1, -0.05) is 37.6 Å². The molecular weight excluding hydrogens is 340 g/mol. The van der Waals surface area contributed by atoms with Crippen molar-refractivity contribution in [3.63, 3.8) is 0 Å². The van der Waals surface area contributed by atoms with Gasteiger partial charge in [0.1, 0.15) is 5.75 Å². The fraction of sp³-hybridized carbons (Fsp3) is 0.409. The van der Waals surface area contributed by atoms with Crippen molar-refractivity contribution in [1.82, 2.24) is 5.32 Å². The maximum absolute atomic E-state index is 12.3. The zero-order chi connectivity index (χ0) is 19.1. The van der Waals surface area contributed by atoms with E-state index in [-0.39, 0.29) is 11.6 Å². The van der Waals surface area contributed by atoms with Crippen LogP contribution < -0.4 is 15.4 Å². The van der Waals surface area contributed by atoms with Gasteiger partial charge < -0.3 is 20.1 Å². The Labute approximate surface area is 161 Å². The number of carbonyl (C=O) groups excluding carboxylic acids is 1. The molecule has 0 aromatic heterocycles. The molecule has 144 valence electrons. The number of nitrogens with one attached hydrogen (secondary N) is 2. The van der Waals surface area contributed by atoms with E-state index in [9.17, 15) is 4.79 Å². The number of benzene rings is 2. The Morgan fingerprint density at radius 1 is 1.07 bits per heavy atom. The number of hydrogen-bond acceptors (Lipinski definition) is 3. The van der Waals surface area contributed by atoms with E-state index in [4.69, 9.17) is 9.47 Å². The minimum Gasteiger partial charge on any atom is -0.494 e. The molecule has 1 aliphatic carbocycles. The van der Waals surface area contributed by atoms with Crippen LogP contribution in [0.3, 0.4) is 0 Å². The number of fused-ring (bicyclic) bond motifs is 1. The molecule has 0 saturated carbocycles. The highest BCUT2D eigenvalue weighted by molar-refractivity contribution is 5.89. The summed E-state index contributed by atoms with van der Waals surface area (Å²) in [6.07, 6.45) is 3.76. The molecule has 3 rings (SSSR count). The summed E-state index contributed by atoms with van der Waals surface area (Å²) in [5.74, 6) is 0.816. The van der Waals surface area contributed by atoms with Gasteiger partial charge in [-0.2, -0.15) is 0 Å². The van der Waals surface area contributed by atoms with Gasteiger partial charge in [0, 0.05) is 32.2 Å². The maximum Gasteiger partial charge on any atom is 0.319 e. The van der Waals surface area contributed by atoms with Crippen molar-refractivity contribution < 1.29 is 14.3 Å². The van der Waals surface area contributed by atoms with Gasteiger partial charge in [0.05, 0.1) is 12.2 Å². The Morgan fingerprint density at radius 3 is 2.33 bits per heavy atom. The normalized spacial score (nSPS) is 14.4. The van der Waals surface area contributed by atoms with Crippen LogP contribution in [0, 0.1) is 0 Å². The predicted molar refractivity (Wildman–Crippen MR) is 107 cm³/mol. The second-order valence-corrected chi connectivity index (χ2v) is 7.04. The smallest absolute Gasteiger partial charge is 0.319 e. The van der Waals surface area contributed by atoms with Gasteiger partial charge in [-0.3, -0.25) is 0 Å². The second kappa shape index (κ2) is 8.91. The van der Waals surface area contributed by atoms with Crippen molar-refractivity contribution in [3.05, 3.63) is 59.7 Å². The molecule has 5 heteroatoms. The van der Waals surface area contributed by atoms with Crippen LogP contribution in [0.15, 0.2) is 48.5 Å². The molecule has 0 spiro atoms. The van der Waals surface area contributed by atoms with E-state index >= 15 is 0 Å². The third-order valence-electron chi connectivity index (χ3n) is 5.03. The first kappa shape index (κ1) is 19.2. The van der Waals surface area contributed by atoms with Gasteiger partial charge in [0.15, 0.2) is 0 Å². The summed E-state index contributed by atoms with van der Waals surface area (Å²) in [5, 5.41) is 5.81. The van der Waals surface area contributed by atoms with Gasteiger partial charge in [0.2, 0.25) is 0 Å². The molecule has 0 fully saturated rings. The molecule has 5 nitrogen and oxygen atoms in total. The zero-order valence-electron chi connectivity index (χ0n) is 16.1. The second-order valence-electron chi connectivity index (χ2n) is 7.04. The van der Waals surface area contributed by atoms with E-state index in [0.717, 1.165) is 37.1 Å². The largest absolute Gasteiger partial charge is 0.494 e. The molecule has 2 aromatic rings. The number of amides is 2. The minimum absolute atomic E-state index is 0.234. The van der Waals surface area contributed by atoms with Crippen LogP contribution in [0.5, 0.6) is 5.75 Å². The third-order valence-corrected chi connectivity index (χ3v) is 5.03. The average Bonchev–Trinajstić information content (AvgIpc) is 3.07. The Kier molecular flexibility index (Phi) is 6.35. The van der Waals surface area contributed by atoms with Crippen LogP contribution in [0.1, 0.15) is 30.9 Å². The summed E-state index contributed by atoms with van der Waals surface area (Å²) in [4.78, 5) is 12.3. The number of ether oxygens (including phenoxy) is 2. The fourth-order valence-electron chi connectivity index (χ4n) is 3.39. The quantitative estimate of drug-likeness (QED) is 0.688. The molecule has 0 heterocycles. The van der Waals surface area contributed by atoms with Crippen LogP contribution >= 0.6 is 0 Å². The molecule has 27 heavy (non-hydrogen) atoms. The lowest BCUT2D eigenvalue weighted by Crippen LogP contribution is -2.46. The fourth-order valence-corrected chi connectivity index (χ4v) is 3.39. The van der Waals surface area contributed by atoms with Crippen molar-refractivity contribution in [3.8, 4) is 5.75 Å². The summed E-state index contributed by atoms with van der Waals surface area (Å²) < 4.78 is 11.4. The first-order valence-corrected chi connectivity index (χ1v) is 9.54. The van der Waals surface area contributed by atoms with Crippen LogP contribution in [-0.4, -0.2) is 31.9 Å². The van der Waals surface area contributed by atoms with Crippen LogP contribution in [0.2, 0.25) is 0 Å². The summed E-state index contributed by atoms with van der Waals surface area (Å²) in [5.41, 5.74) is 2.94. The first-order chi connectivity index (χ1) is 13.1. The zero-order valence-corrected chi connectivity index (χ0v) is 16.1. The summed E-state index contributed by atoms with van der Waals surface area (Å²) >= 11 is 0. The monoisotopic (exact) mass is 368 g/mol. The average molecular weight is 368 g/mol. The van der Waals surface area contributed by atoms with Crippen molar-refractivity contribution >= 4 is 11.7 Å². The van der Waals surface area contributed by atoms with Crippen molar-refractivity contribution in [2.45, 2.75) is 38.2 Å². The molecule has 2 N–H and O–H groups in total. The number of hydrogen-bond donors (Lipinski definition) is 2. The number of anilines is 1. The highest BCUT2D eigenvalue weighted by atomic mass is 16.5. The van der Waals surface area contributed by atoms with E-state index in [1.807, 2.05) is 36.4 Å². The summed E-state index contributed by atoms with van der Waals surface area (Å²) in [7, 11) is 1.71. The Bertz CT molecular complexity index is 733. The summed E-state index contributed by atoms with van der Waals surface area (Å²) in [6.45, 7) is 3.31. The molecule has 0 unspecified atom stereocenters. The highest BCUT2D eigenvalue weighted by Gasteiger charge is 2.37. The molecule has 0 radical (unpaired) electrons. The Balaban J connectivity index is 1.49. The van der Waals surface area contributed by atoms with Crippen molar-refractivity contribution in [1.29, 1.82) is 0 Å².